The molecule has 0 fully saturated rings. The van der Waals surface area contributed by atoms with Gasteiger partial charge in [-0.25, -0.2) is 4.98 Å². The molecule has 0 aliphatic carbocycles. The van der Waals surface area contributed by atoms with Gasteiger partial charge in [-0.2, -0.15) is 0 Å². The Hall–Kier alpha value is -2.05. The number of nitrogens with one attached hydrogen (secondary N) is 1. The van der Waals surface area contributed by atoms with E-state index in [2.05, 4.69) is 15.0 Å². The van der Waals surface area contributed by atoms with E-state index < -0.39 is 0 Å². The second kappa shape index (κ2) is 7.68. The van der Waals surface area contributed by atoms with Gasteiger partial charge in [0.15, 0.2) is 11.4 Å². The Bertz CT molecular complexity index is 786. The van der Waals surface area contributed by atoms with Gasteiger partial charge in [-0.05, 0) is 39.0 Å². The van der Waals surface area contributed by atoms with Gasteiger partial charge in [-0.3, -0.25) is 4.98 Å². The standard InChI is InChI=1S/C18H21N3O2S/c1-4-22-13(3)23-17-9-10-19-16(12(17)2)11-24-18-20-14-7-5-6-8-15(14)21-18/h5-10,13H,4,11H2,1-3H3,(H,20,21). The van der Waals surface area contributed by atoms with E-state index in [4.69, 9.17) is 9.47 Å². The molecule has 0 radical (unpaired) electrons. The zero-order chi connectivity index (χ0) is 16.9. The molecule has 126 valence electrons. The second-order valence-corrected chi connectivity index (χ2v) is 6.33. The fourth-order valence-corrected chi connectivity index (χ4v) is 3.32. The molecule has 0 aliphatic heterocycles. The summed E-state index contributed by atoms with van der Waals surface area (Å²) in [6.07, 6.45) is 1.50. The van der Waals surface area contributed by atoms with Crippen molar-refractivity contribution in [3.05, 3.63) is 47.8 Å². The number of ether oxygens (including phenoxy) is 2. The van der Waals surface area contributed by atoms with Crippen molar-refractivity contribution in [3.63, 3.8) is 0 Å². The lowest BCUT2D eigenvalue weighted by atomic mass is 10.2. The van der Waals surface area contributed by atoms with Crippen molar-refractivity contribution in [1.82, 2.24) is 15.0 Å². The SMILES string of the molecule is CCOC(C)Oc1ccnc(CSc2nc3ccccc3[nH]2)c1C. The highest BCUT2D eigenvalue weighted by Gasteiger charge is 2.11. The van der Waals surface area contributed by atoms with Crippen LogP contribution in [0.5, 0.6) is 5.75 Å². The lowest BCUT2D eigenvalue weighted by molar-refractivity contribution is -0.0617. The van der Waals surface area contributed by atoms with Crippen LogP contribution >= 0.6 is 11.8 Å². The lowest BCUT2D eigenvalue weighted by Crippen LogP contribution is -2.16. The molecule has 2 heterocycles. The Morgan fingerprint density at radius 3 is 2.88 bits per heavy atom. The minimum Gasteiger partial charge on any atom is -0.465 e. The summed E-state index contributed by atoms with van der Waals surface area (Å²) in [6, 6.07) is 9.90. The number of para-hydroxylation sites is 2. The van der Waals surface area contributed by atoms with Crippen molar-refractivity contribution in [2.45, 2.75) is 38.0 Å². The van der Waals surface area contributed by atoms with Crippen LogP contribution in [0, 0.1) is 6.92 Å². The first-order chi connectivity index (χ1) is 11.7. The third-order valence-corrected chi connectivity index (χ3v) is 4.55. The molecule has 3 rings (SSSR count). The van der Waals surface area contributed by atoms with Crippen LogP contribution < -0.4 is 4.74 Å². The maximum atomic E-state index is 5.83. The van der Waals surface area contributed by atoms with Gasteiger partial charge in [0.1, 0.15) is 5.75 Å². The summed E-state index contributed by atoms with van der Waals surface area (Å²) in [5.41, 5.74) is 4.05. The molecule has 0 aliphatic rings. The first-order valence-electron chi connectivity index (χ1n) is 7.97. The molecule has 0 saturated carbocycles. The number of aromatic amines is 1. The number of pyridine rings is 1. The molecular weight excluding hydrogens is 322 g/mol. The Kier molecular flexibility index (Phi) is 5.37. The van der Waals surface area contributed by atoms with Gasteiger partial charge in [-0.15, -0.1) is 0 Å². The zero-order valence-corrected chi connectivity index (χ0v) is 14.9. The van der Waals surface area contributed by atoms with Gasteiger partial charge in [0.25, 0.3) is 0 Å². The Morgan fingerprint density at radius 2 is 2.08 bits per heavy atom. The number of imidazole rings is 1. The monoisotopic (exact) mass is 343 g/mol. The number of nitrogens with zero attached hydrogens (tertiary/aromatic N) is 2. The van der Waals surface area contributed by atoms with Gasteiger partial charge in [0, 0.05) is 24.1 Å². The van der Waals surface area contributed by atoms with E-state index in [0.717, 1.165) is 38.9 Å². The highest BCUT2D eigenvalue weighted by molar-refractivity contribution is 7.98. The van der Waals surface area contributed by atoms with E-state index in [0.29, 0.717) is 6.61 Å². The molecule has 0 bridgehead atoms. The van der Waals surface area contributed by atoms with Gasteiger partial charge in [0.05, 0.1) is 16.7 Å². The van der Waals surface area contributed by atoms with Crippen LogP contribution in [0.1, 0.15) is 25.1 Å². The van der Waals surface area contributed by atoms with E-state index in [1.165, 1.54) is 0 Å². The summed E-state index contributed by atoms with van der Waals surface area (Å²) >= 11 is 1.64. The molecule has 0 amide bonds. The molecule has 5 nitrogen and oxygen atoms in total. The second-order valence-electron chi connectivity index (χ2n) is 5.37. The molecule has 0 spiro atoms. The third-order valence-electron chi connectivity index (χ3n) is 3.67. The van der Waals surface area contributed by atoms with Crippen molar-refractivity contribution in [1.29, 1.82) is 0 Å². The molecule has 0 saturated heterocycles. The molecule has 2 aromatic heterocycles. The Morgan fingerprint density at radius 1 is 1.25 bits per heavy atom. The number of rotatable bonds is 7. The smallest absolute Gasteiger partial charge is 0.196 e. The summed E-state index contributed by atoms with van der Waals surface area (Å²) in [5, 5.41) is 0.895. The predicted molar refractivity (Wildman–Crippen MR) is 96.3 cm³/mol. The first kappa shape index (κ1) is 16.8. The molecule has 1 N–H and O–H groups in total. The average Bonchev–Trinajstić information content (AvgIpc) is 2.99. The number of H-pyrrole nitrogens is 1. The normalized spacial score (nSPS) is 12.5. The predicted octanol–water partition coefficient (Wildman–Crippen LogP) is 4.32. The van der Waals surface area contributed by atoms with Crippen molar-refractivity contribution < 1.29 is 9.47 Å². The van der Waals surface area contributed by atoms with Crippen LogP contribution in [0.4, 0.5) is 0 Å². The van der Waals surface area contributed by atoms with Crippen molar-refractivity contribution in [2.24, 2.45) is 0 Å². The van der Waals surface area contributed by atoms with Crippen LogP contribution in [0.15, 0.2) is 41.7 Å². The topological polar surface area (TPSA) is 60.0 Å². The summed E-state index contributed by atoms with van der Waals surface area (Å²) < 4.78 is 11.3. The number of thioether (sulfide) groups is 1. The van der Waals surface area contributed by atoms with Crippen molar-refractivity contribution >= 4 is 22.8 Å². The highest BCUT2D eigenvalue weighted by Crippen LogP contribution is 2.27. The maximum Gasteiger partial charge on any atom is 0.196 e. The number of hydrogen-bond donors (Lipinski definition) is 1. The molecule has 3 aromatic rings. The fraction of sp³-hybridized carbons (Fsp3) is 0.333. The quantitative estimate of drug-likeness (QED) is 0.511. The summed E-state index contributed by atoms with van der Waals surface area (Å²) in [7, 11) is 0. The molecular formula is C18H21N3O2S. The lowest BCUT2D eigenvalue weighted by Gasteiger charge is -2.17. The van der Waals surface area contributed by atoms with Crippen LogP contribution in [0.3, 0.4) is 0 Å². The molecule has 24 heavy (non-hydrogen) atoms. The summed E-state index contributed by atoms with van der Waals surface area (Å²) in [6.45, 7) is 6.50. The van der Waals surface area contributed by atoms with Crippen LogP contribution in [0.25, 0.3) is 11.0 Å². The summed E-state index contributed by atoms with van der Waals surface area (Å²) in [4.78, 5) is 12.4. The fourth-order valence-electron chi connectivity index (χ4n) is 2.41. The minimum atomic E-state index is -0.271. The molecule has 1 atom stereocenters. The number of aromatic nitrogens is 3. The van der Waals surface area contributed by atoms with Crippen molar-refractivity contribution in [2.75, 3.05) is 6.61 Å². The van der Waals surface area contributed by atoms with Crippen LogP contribution in [-0.2, 0) is 10.5 Å². The molecule has 6 heteroatoms. The average molecular weight is 343 g/mol. The van der Waals surface area contributed by atoms with Gasteiger partial charge < -0.3 is 14.5 Å². The maximum absolute atomic E-state index is 5.83. The van der Waals surface area contributed by atoms with Crippen LogP contribution in [0.2, 0.25) is 0 Å². The van der Waals surface area contributed by atoms with Gasteiger partial charge >= 0.3 is 0 Å². The zero-order valence-electron chi connectivity index (χ0n) is 14.1. The Balaban J connectivity index is 1.70. The molecule has 1 aromatic carbocycles. The van der Waals surface area contributed by atoms with Crippen molar-refractivity contribution in [3.8, 4) is 5.75 Å². The number of fused-ring (bicyclic) bond motifs is 1. The Labute approximate surface area is 145 Å². The van der Waals surface area contributed by atoms with E-state index in [1.807, 2.05) is 51.1 Å². The van der Waals surface area contributed by atoms with E-state index in [9.17, 15) is 0 Å². The number of benzene rings is 1. The first-order valence-corrected chi connectivity index (χ1v) is 8.96. The number of hydrogen-bond acceptors (Lipinski definition) is 5. The van der Waals surface area contributed by atoms with E-state index in [-0.39, 0.29) is 6.29 Å². The van der Waals surface area contributed by atoms with E-state index >= 15 is 0 Å². The largest absolute Gasteiger partial charge is 0.465 e. The molecule has 1 unspecified atom stereocenters. The van der Waals surface area contributed by atoms with Gasteiger partial charge in [-0.1, -0.05) is 23.9 Å². The highest BCUT2D eigenvalue weighted by atomic mass is 32.2. The third kappa shape index (κ3) is 3.88. The summed E-state index contributed by atoms with van der Waals surface area (Å²) in [5.74, 6) is 1.54. The van der Waals surface area contributed by atoms with Crippen LogP contribution in [-0.4, -0.2) is 27.8 Å². The minimum absolute atomic E-state index is 0.271. The van der Waals surface area contributed by atoms with E-state index in [1.54, 1.807) is 18.0 Å². The van der Waals surface area contributed by atoms with Gasteiger partial charge in [0.2, 0.25) is 0 Å².